The van der Waals surface area contributed by atoms with E-state index in [1.807, 2.05) is 0 Å². The average Bonchev–Trinajstić information content (AvgIpc) is 3.90. The van der Waals surface area contributed by atoms with Gasteiger partial charge in [-0.05, 0) is 12.1 Å². The molecule has 10 atom stereocenters. The van der Waals surface area contributed by atoms with Gasteiger partial charge in [-0.2, -0.15) is 0 Å². The zero-order chi connectivity index (χ0) is 50.5. The number of fused-ring (bicyclic) bond motifs is 10. The first-order valence-electron chi connectivity index (χ1n) is 21.6. The number of ether oxygens (including phenoxy) is 11. The highest BCUT2D eigenvalue weighted by molar-refractivity contribution is 6.37. The monoisotopic (exact) mass is 972 g/mol. The molecule has 3 aromatic carbocycles. The first kappa shape index (κ1) is 48.7. The van der Waals surface area contributed by atoms with Crippen molar-refractivity contribution in [3.8, 4) is 0 Å². The van der Waals surface area contributed by atoms with Crippen LogP contribution in [0.15, 0.2) is 48.5 Å². The second-order valence-corrected chi connectivity index (χ2v) is 16.4. The largest absolute Gasteiger partial charge is 0.463 e. The summed E-state index contributed by atoms with van der Waals surface area (Å²) in [5.41, 5.74) is 0.506. The molecule has 70 heavy (non-hydrogen) atoms. The van der Waals surface area contributed by atoms with E-state index in [2.05, 4.69) is 0 Å². The lowest BCUT2D eigenvalue weighted by molar-refractivity contribution is -0.349. The average molecular weight is 973 g/mol. The molecule has 0 aliphatic carbocycles. The van der Waals surface area contributed by atoms with Gasteiger partial charge in [0.1, 0.15) is 31.5 Å². The maximum atomic E-state index is 13.9. The number of hydrogen-bond acceptors (Lipinski definition) is 21. The number of aromatic nitrogens is 2. The first-order valence-corrected chi connectivity index (χ1v) is 21.6. The first-order chi connectivity index (χ1) is 33.3. The molecule has 23 heteroatoms. The molecule has 0 amide bonds. The van der Waals surface area contributed by atoms with Crippen molar-refractivity contribution in [1.29, 1.82) is 0 Å². The van der Waals surface area contributed by atoms with E-state index in [9.17, 15) is 47.9 Å². The maximum Gasteiger partial charge on any atom is 0.347 e. The molecule has 0 spiro atoms. The summed E-state index contributed by atoms with van der Waals surface area (Å²) in [6, 6.07) is 13.1. The SMILES string of the molecule is CC(=O)OC[C@H]1O[C@@H](O[C@H]2[C@H](OC(C)=O)[C@@H](OC(C)=O)[C@H](n3c4ccccc4c4c5c(c6c7ccccc7n(C=O)c6c43)C(=O)OC5=O)O[C@@H]2COC(C)=O)[C@H](OC(C)=O)[C@@H](OC(C)=O)[C@H]1OC(C)=O. The summed E-state index contributed by atoms with van der Waals surface area (Å²) >= 11 is 0. The minimum Gasteiger partial charge on any atom is -0.463 e. The van der Waals surface area contributed by atoms with Gasteiger partial charge in [-0.15, -0.1) is 0 Å². The van der Waals surface area contributed by atoms with Crippen molar-refractivity contribution in [2.24, 2.45) is 0 Å². The molecule has 5 heterocycles. The van der Waals surface area contributed by atoms with Crippen molar-refractivity contribution in [1.82, 2.24) is 9.13 Å². The highest BCUT2D eigenvalue weighted by Gasteiger charge is 2.58. The number of benzene rings is 3. The Labute approximate surface area is 394 Å². The second-order valence-electron chi connectivity index (χ2n) is 16.4. The van der Waals surface area contributed by atoms with Gasteiger partial charge >= 0.3 is 53.7 Å². The van der Waals surface area contributed by atoms with E-state index in [0.717, 1.165) is 48.5 Å². The molecule has 3 aliphatic rings. The lowest BCUT2D eigenvalue weighted by atomic mass is 9.95. The number of rotatable bonds is 13. The molecule has 0 N–H and O–H groups in total. The van der Waals surface area contributed by atoms with Gasteiger partial charge in [0.05, 0.1) is 33.2 Å². The lowest BCUT2D eigenvalue weighted by Gasteiger charge is -2.49. The van der Waals surface area contributed by atoms with Crippen LogP contribution in [0.1, 0.15) is 75.4 Å². The highest BCUT2D eigenvalue weighted by Crippen LogP contribution is 2.49. The van der Waals surface area contributed by atoms with Crippen molar-refractivity contribution < 1.29 is 100 Å². The molecule has 0 radical (unpaired) electrons. The van der Waals surface area contributed by atoms with E-state index in [0.29, 0.717) is 22.7 Å². The molecule has 0 saturated carbocycles. The van der Waals surface area contributed by atoms with Gasteiger partial charge in [-0.1, -0.05) is 36.4 Å². The molecule has 8 rings (SSSR count). The van der Waals surface area contributed by atoms with Gasteiger partial charge in [-0.25, -0.2) is 9.59 Å². The van der Waals surface area contributed by atoms with Crippen molar-refractivity contribution in [2.75, 3.05) is 13.2 Å². The van der Waals surface area contributed by atoms with Crippen LogP contribution in [0.25, 0.3) is 43.6 Å². The third-order valence-corrected chi connectivity index (χ3v) is 11.7. The second kappa shape index (κ2) is 19.3. The Balaban J connectivity index is 1.38. The van der Waals surface area contributed by atoms with E-state index in [4.69, 9.17) is 52.1 Å². The molecular formula is C47H44N2O21. The van der Waals surface area contributed by atoms with Crippen LogP contribution in [0, 0.1) is 0 Å². The molecule has 2 saturated heterocycles. The van der Waals surface area contributed by atoms with Gasteiger partial charge in [0.2, 0.25) is 6.41 Å². The standard InChI is InChI=1S/C47H44N2O21/c1-19(51)60-16-30-39(69-47-43(66-25(7)57)41(64-23(5)55)38(62-21(3)53)31(68-47)17-61-20(2)52)40(63-22(4)54)42(65-24(6)56)44(67-30)49-29-15-11-9-13-27(29)33-35-34(45(58)70-46(35)59)32-26-12-8-10-14-28(26)48(18-50)36(32)37(33)49/h8-15,18,30-31,38-44,47H,16-17H2,1-7H3/t30-,31-,38+,39-,40+,41+,42-,43-,44-,47+/m1/s1. The van der Waals surface area contributed by atoms with Crippen LogP contribution >= 0.6 is 0 Å². The molecule has 3 aliphatic heterocycles. The lowest BCUT2D eigenvalue weighted by Crippen LogP contribution is -2.66. The maximum absolute atomic E-state index is 13.9. The fourth-order valence-corrected chi connectivity index (χ4v) is 9.41. The minimum absolute atomic E-state index is 0.0822. The molecule has 368 valence electrons. The number of cyclic esters (lactones) is 2. The Morgan fingerprint density at radius 2 is 0.971 bits per heavy atom. The molecule has 2 fully saturated rings. The van der Waals surface area contributed by atoms with Crippen LogP contribution < -0.4 is 0 Å². The summed E-state index contributed by atoms with van der Waals surface area (Å²) in [4.78, 5) is 130. The zero-order valence-corrected chi connectivity index (χ0v) is 38.4. The van der Waals surface area contributed by atoms with Crippen LogP contribution in [0.2, 0.25) is 0 Å². The van der Waals surface area contributed by atoms with Crippen molar-refractivity contribution in [3.63, 3.8) is 0 Å². The number of esters is 9. The molecule has 0 unspecified atom stereocenters. The summed E-state index contributed by atoms with van der Waals surface area (Å²) in [6.45, 7) is 5.93. The third kappa shape index (κ3) is 8.89. The van der Waals surface area contributed by atoms with Crippen LogP contribution in [0.5, 0.6) is 0 Å². The van der Waals surface area contributed by atoms with Gasteiger partial charge in [0.25, 0.3) is 0 Å². The summed E-state index contributed by atoms with van der Waals surface area (Å²) in [7, 11) is 0. The summed E-state index contributed by atoms with van der Waals surface area (Å²) in [6.07, 6.45) is -16.8. The van der Waals surface area contributed by atoms with Crippen LogP contribution in [0.4, 0.5) is 0 Å². The Morgan fingerprint density at radius 1 is 0.529 bits per heavy atom. The molecule has 5 aromatic rings. The summed E-state index contributed by atoms with van der Waals surface area (Å²) in [5.74, 6) is -8.37. The molecule has 0 bridgehead atoms. The van der Waals surface area contributed by atoms with E-state index < -0.39 is 128 Å². The Hall–Kier alpha value is -7.76. The smallest absolute Gasteiger partial charge is 0.347 e. The van der Waals surface area contributed by atoms with Gasteiger partial charge in [0, 0.05) is 70.0 Å². The van der Waals surface area contributed by atoms with Crippen molar-refractivity contribution in [3.05, 3.63) is 59.7 Å². The predicted octanol–water partition coefficient (Wildman–Crippen LogP) is 3.04. The number of para-hydroxylation sites is 2. The normalized spacial score (nSPS) is 25.2. The quantitative estimate of drug-likeness (QED) is 0.0709. The van der Waals surface area contributed by atoms with Gasteiger partial charge < -0.3 is 56.7 Å². The predicted molar refractivity (Wildman–Crippen MR) is 233 cm³/mol. The van der Waals surface area contributed by atoms with Crippen molar-refractivity contribution >= 4 is 104 Å². The Kier molecular flexibility index (Phi) is 13.4. The van der Waals surface area contributed by atoms with Gasteiger partial charge in [0.15, 0.2) is 43.0 Å². The summed E-state index contributed by atoms with van der Waals surface area (Å²) in [5, 5.41) is 0.993. The number of carbonyl (C=O) groups excluding carboxylic acids is 10. The van der Waals surface area contributed by atoms with Gasteiger partial charge in [-0.3, -0.25) is 42.9 Å². The Morgan fingerprint density at radius 3 is 1.50 bits per heavy atom. The number of hydrogen-bond donors (Lipinski definition) is 0. The molecular weight excluding hydrogens is 929 g/mol. The van der Waals surface area contributed by atoms with Crippen LogP contribution in [-0.4, -0.2) is 138 Å². The fourth-order valence-electron chi connectivity index (χ4n) is 9.41. The topological polar surface area (TPSA) is 282 Å². The number of nitrogens with zero attached hydrogens (tertiary/aromatic N) is 2. The molecule has 2 aromatic heterocycles. The van der Waals surface area contributed by atoms with E-state index in [1.54, 1.807) is 48.5 Å². The zero-order valence-electron chi connectivity index (χ0n) is 38.4. The van der Waals surface area contributed by atoms with Crippen molar-refractivity contribution in [2.45, 2.75) is 110 Å². The van der Waals surface area contributed by atoms with E-state index in [1.165, 1.54) is 9.13 Å². The van der Waals surface area contributed by atoms with Crippen LogP contribution in [0.3, 0.4) is 0 Å². The number of carbonyl (C=O) groups is 10. The van der Waals surface area contributed by atoms with Crippen LogP contribution in [-0.2, 0) is 90.5 Å². The van der Waals surface area contributed by atoms with E-state index >= 15 is 0 Å². The highest BCUT2D eigenvalue weighted by atomic mass is 16.8. The third-order valence-electron chi connectivity index (χ3n) is 11.7. The minimum atomic E-state index is -1.94. The Bertz CT molecular complexity index is 3040. The van der Waals surface area contributed by atoms with E-state index in [-0.39, 0.29) is 38.4 Å². The molecule has 23 nitrogen and oxygen atoms in total. The summed E-state index contributed by atoms with van der Waals surface area (Å²) < 4.78 is 67.0. The fraction of sp³-hybridized carbons (Fsp3) is 0.404.